The fourth-order valence-corrected chi connectivity index (χ4v) is 4.14. The van der Waals surface area contributed by atoms with Crippen LogP contribution in [-0.2, 0) is 14.4 Å². The number of hydrogen-bond acceptors (Lipinski definition) is 3. The summed E-state index contributed by atoms with van der Waals surface area (Å²) in [6.07, 6.45) is 5.49. The summed E-state index contributed by atoms with van der Waals surface area (Å²) in [6, 6.07) is 0. The van der Waals surface area contributed by atoms with Crippen molar-refractivity contribution >= 4 is 17.8 Å². The molecule has 1 heterocycles. The third-order valence-electron chi connectivity index (χ3n) is 6.05. The van der Waals surface area contributed by atoms with E-state index < -0.39 is 17.4 Å². The van der Waals surface area contributed by atoms with Gasteiger partial charge in [0.2, 0.25) is 11.8 Å². The predicted molar refractivity (Wildman–Crippen MR) is 94.9 cm³/mol. The zero-order valence-corrected chi connectivity index (χ0v) is 15.7. The molecule has 0 bridgehead atoms. The van der Waals surface area contributed by atoms with Crippen LogP contribution in [0.1, 0.15) is 65.7 Å². The second-order valence-corrected chi connectivity index (χ2v) is 7.98. The van der Waals surface area contributed by atoms with E-state index >= 15 is 0 Å². The second kappa shape index (κ2) is 8.19. The molecule has 4 unspecified atom stereocenters. The van der Waals surface area contributed by atoms with E-state index in [-0.39, 0.29) is 23.7 Å². The number of rotatable bonds is 5. The molecule has 6 heteroatoms. The standard InChI is InChI=1S/C19H32N2O4/c1-4-13(2)17(23)21-11-7-8-14(12-21)16(22)20-19(3)10-6-5-9-15(19)18(24)25/h13-15H,4-12H2,1-3H3,(H,20,22)(H,24,25). The van der Waals surface area contributed by atoms with Crippen LogP contribution in [0.3, 0.4) is 0 Å². The summed E-state index contributed by atoms with van der Waals surface area (Å²) < 4.78 is 0. The van der Waals surface area contributed by atoms with Crippen molar-refractivity contribution < 1.29 is 19.5 Å². The summed E-state index contributed by atoms with van der Waals surface area (Å²) in [5, 5.41) is 12.5. The average Bonchev–Trinajstić information content (AvgIpc) is 2.60. The minimum Gasteiger partial charge on any atom is -0.481 e. The van der Waals surface area contributed by atoms with Gasteiger partial charge in [0.05, 0.1) is 17.4 Å². The summed E-state index contributed by atoms with van der Waals surface area (Å²) in [4.78, 5) is 38.6. The van der Waals surface area contributed by atoms with Crippen LogP contribution < -0.4 is 5.32 Å². The molecule has 1 aliphatic carbocycles. The molecule has 142 valence electrons. The van der Waals surface area contributed by atoms with Crippen molar-refractivity contribution in [2.75, 3.05) is 13.1 Å². The number of carbonyl (C=O) groups is 3. The van der Waals surface area contributed by atoms with Gasteiger partial charge in [0, 0.05) is 19.0 Å². The highest BCUT2D eigenvalue weighted by atomic mass is 16.4. The number of nitrogens with zero attached hydrogens (tertiary/aromatic N) is 1. The molecule has 0 aromatic carbocycles. The highest BCUT2D eigenvalue weighted by Gasteiger charge is 2.43. The van der Waals surface area contributed by atoms with Crippen LogP contribution in [0.4, 0.5) is 0 Å². The normalized spacial score (nSPS) is 31.2. The first-order valence-electron chi connectivity index (χ1n) is 9.62. The summed E-state index contributed by atoms with van der Waals surface area (Å²) in [6.45, 7) is 6.93. The van der Waals surface area contributed by atoms with E-state index in [1.54, 1.807) is 4.90 Å². The zero-order chi connectivity index (χ0) is 18.6. The molecule has 1 aliphatic heterocycles. The third-order valence-corrected chi connectivity index (χ3v) is 6.05. The van der Waals surface area contributed by atoms with Crippen LogP contribution in [-0.4, -0.2) is 46.4 Å². The minimum atomic E-state index is -0.834. The third kappa shape index (κ3) is 4.53. The number of likely N-dealkylation sites (tertiary alicyclic amines) is 1. The molecule has 1 saturated heterocycles. The molecule has 2 aliphatic rings. The Balaban J connectivity index is 2.02. The van der Waals surface area contributed by atoms with Gasteiger partial charge in [0.15, 0.2) is 0 Å². The van der Waals surface area contributed by atoms with Gasteiger partial charge in [0.25, 0.3) is 0 Å². The number of amides is 2. The van der Waals surface area contributed by atoms with E-state index in [0.717, 1.165) is 32.1 Å². The lowest BCUT2D eigenvalue weighted by Gasteiger charge is -2.41. The minimum absolute atomic E-state index is 0.0194. The van der Waals surface area contributed by atoms with Crippen molar-refractivity contribution in [2.45, 2.75) is 71.3 Å². The Morgan fingerprint density at radius 1 is 1.24 bits per heavy atom. The number of carboxylic acid groups (broad SMARTS) is 1. The van der Waals surface area contributed by atoms with Gasteiger partial charge in [-0.25, -0.2) is 0 Å². The highest BCUT2D eigenvalue weighted by Crippen LogP contribution is 2.34. The maximum atomic E-state index is 12.8. The van der Waals surface area contributed by atoms with Crippen molar-refractivity contribution in [1.29, 1.82) is 0 Å². The van der Waals surface area contributed by atoms with Gasteiger partial charge in [-0.3, -0.25) is 14.4 Å². The fraction of sp³-hybridized carbons (Fsp3) is 0.842. The van der Waals surface area contributed by atoms with Gasteiger partial charge in [-0.05, 0) is 39.0 Å². The number of carboxylic acids is 1. The smallest absolute Gasteiger partial charge is 0.308 e. The summed E-state index contributed by atoms with van der Waals surface area (Å²) in [5.41, 5.74) is -0.690. The Hall–Kier alpha value is -1.59. The van der Waals surface area contributed by atoms with Crippen molar-refractivity contribution in [3.63, 3.8) is 0 Å². The number of hydrogen-bond donors (Lipinski definition) is 2. The van der Waals surface area contributed by atoms with Gasteiger partial charge < -0.3 is 15.3 Å². The second-order valence-electron chi connectivity index (χ2n) is 7.98. The van der Waals surface area contributed by atoms with Gasteiger partial charge >= 0.3 is 5.97 Å². The lowest BCUT2D eigenvalue weighted by Crippen LogP contribution is -2.58. The van der Waals surface area contributed by atoms with Gasteiger partial charge in [-0.15, -0.1) is 0 Å². The Morgan fingerprint density at radius 2 is 1.96 bits per heavy atom. The van der Waals surface area contributed by atoms with E-state index in [1.165, 1.54) is 0 Å². The molecule has 25 heavy (non-hydrogen) atoms. The Bertz CT molecular complexity index is 522. The molecular weight excluding hydrogens is 320 g/mol. The van der Waals surface area contributed by atoms with Crippen molar-refractivity contribution in [2.24, 2.45) is 17.8 Å². The SMILES string of the molecule is CCC(C)C(=O)N1CCCC(C(=O)NC2(C)CCCCC2C(=O)O)C1. The summed E-state index contributed by atoms with van der Waals surface area (Å²) in [7, 11) is 0. The van der Waals surface area contributed by atoms with Crippen LogP contribution in [0.15, 0.2) is 0 Å². The molecular formula is C19H32N2O4. The molecule has 0 aromatic rings. The Kier molecular flexibility index (Phi) is 6.47. The lowest BCUT2D eigenvalue weighted by molar-refractivity contribution is -0.147. The summed E-state index contributed by atoms with van der Waals surface area (Å²) in [5.74, 6) is -1.61. The van der Waals surface area contributed by atoms with Crippen LogP contribution >= 0.6 is 0 Å². The number of aliphatic carboxylic acids is 1. The van der Waals surface area contributed by atoms with Gasteiger partial charge in [-0.1, -0.05) is 26.7 Å². The van der Waals surface area contributed by atoms with Crippen LogP contribution in [0.25, 0.3) is 0 Å². The molecule has 2 N–H and O–H groups in total. The molecule has 6 nitrogen and oxygen atoms in total. The predicted octanol–water partition coefficient (Wildman–Crippen LogP) is 2.42. The first-order valence-corrected chi connectivity index (χ1v) is 9.62. The zero-order valence-electron chi connectivity index (χ0n) is 15.7. The largest absolute Gasteiger partial charge is 0.481 e. The number of carbonyl (C=O) groups excluding carboxylic acids is 2. The first-order chi connectivity index (χ1) is 11.8. The monoisotopic (exact) mass is 352 g/mol. The molecule has 4 atom stereocenters. The first kappa shape index (κ1) is 19.7. The van der Waals surface area contributed by atoms with Gasteiger partial charge in [0.1, 0.15) is 0 Å². The maximum absolute atomic E-state index is 12.8. The van der Waals surface area contributed by atoms with E-state index in [9.17, 15) is 19.5 Å². The molecule has 2 fully saturated rings. The van der Waals surface area contributed by atoms with Gasteiger partial charge in [-0.2, -0.15) is 0 Å². The lowest BCUT2D eigenvalue weighted by atomic mass is 9.73. The van der Waals surface area contributed by atoms with Crippen molar-refractivity contribution in [3.8, 4) is 0 Å². The topological polar surface area (TPSA) is 86.7 Å². The van der Waals surface area contributed by atoms with Crippen molar-refractivity contribution in [3.05, 3.63) is 0 Å². The van der Waals surface area contributed by atoms with E-state index in [1.807, 2.05) is 20.8 Å². The molecule has 2 amide bonds. The maximum Gasteiger partial charge on any atom is 0.308 e. The van der Waals surface area contributed by atoms with Crippen LogP contribution in [0, 0.1) is 17.8 Å². The molecule has 1 saturated carbocycles. The Morgan fingerprint density at radius 3 is 2.60 bits per heavy atom. The molecule has 0 aromatic heterocycles. The van der Waals surface area contributed by atoms with E-state index in [2.05, 4.69) is 5.32 Å². The fourth-order valence-electron chi connectivity index (χ4n) is 4.14. The average molecular weight is 352 g/mol. The van der Waals surface area contributed by atoms with E-state index in [0.29, 0.717) is 25.9 Å². The molecule has 0 radical (unpaired) electrons. The highest BCUT2D eigenvalue weighted by molar-refractivity contribution is 5.83. The Labute approximate surface area is 150 Å². The van der Waals surface area contributed by atoms with E-state index in [4.69, 9.17) is 0 Å². The molecule has 2 rings (SSSR count). The summed E-state index contributed by atoms with van der Waals surface area (Å²) >= 11 is 0. The van der Waals surface area contributed by atoms with Crippen LogP contribution in [0.2, 0.25) is 0 Å². The quantitative estimate of drug-likeness (QED) is 0.795. The van der Waals surface area contributed by atoms with Crippen LogP contribution in [0.5, 0.6) is 0 Å². The molecule has 0 spiro atoms. The number of piperidine rings is 1. The van der Waals surface area contributed by atoms with Crippen molar-refractivity contribution in [1.82, 2.24) is 10.2 Å². The number of nitrogens with one attached hydrogen (secondary N) is 1.